The van der Waals surface area contributed by atoms with Crippen LogP contribution in [-0.2, 0) is 13.0 Å². The second-order valence-corrected chi connectivity index (χ2v) is 4.91. The smallest absolute Gasteiger partial charge is 0.269 e. The highest BCUT2D eigenvalue weighted by atomic mass is 16.2. The highest BCUT2D eigenvalue weighted by Crippen LogP contribution is 2.09. The number of hydrogen-bond donors (Lipinski definition) is 2. The van der Waals surface area contributed by atoms with Gasteiger partial charge in [-0.25, -0.2) is 0 Å². The van der Waals surface area contributed by atoms with E-state index in [1.165, 1.54) is 5.56 Å². The van der Waals surface area contributed by atoms with Gasteiger partial charge in [0.15, 0.2) is 0 Å². The van der Waals surface area contributed by atoms with Crippen LogP contribution in [0.2, 0.25) is 0 Å². The standard InChI is InChI=1S/C14H21N5O/c1-5-19-13(8-9(2)18-19)14(20)15-7-6-12-10(3)16-17-11(12)4/h8H,5-7H2,1-4H3,(H,15,20)(H,16,17). The number of nitrogens with one attached hydrogen (secondary N) is 2. The minimum atomic E-state index is -0.0775. The van der Waals surface area contributed by atoms with E-state index < -0.39 is 0 Å². The molecule has 2 aromatic heterocycles. The second kappa shape index (κ2) is 5.90. The van der Waals surface area contributed by atoms with Crippen molar-refractivity contribution in [2.24, 2.45) is 0 Å². The third kappa shape index (κ3) is 2.89. The molecule has 0 aliphatic rings. The van der Waals surface area contributed by atoms with Crippen molar-refractivity contribution in [2.75, 3.05) is 6.54 Å². The molecule has 0 aromatic carbocycles. The van der Waals surface area contributed by atoms with Crippen LogP contribution in [-0.4, -0.2) is 32.4 Å². The molecule has 0 unspecified atom stereocenters. The van der Waals surface area contributed by atoms with E-state index in [1.807, 2.05) is 33.8 Å². The number of hydrogen-bond acceptors (Lipinski definition) is 3. The van der Waals surface area contributed by atoms with Crippen molar-refractivity contribution in [3.63, 3.8) is 0 Å². The minimum absolute atomic E-state index is 0.0775. The summed E-state index contributed by atoms with van der Waals surface area (Å²) >= 11 is 0. The van der Waals surface area contributed by atoms with E-state index in [9.17, 15) is 4.79 Å². The van der Waals surface area contributed by atoms with Gasteiger partial charge in [-0.05, 0) is 45.7 Å². The number of aromatic nitrogens is 4. The third-order valence-corrected chi connectivity index (χ3v) is 3.38. The zero-order chi connectivity index (χ0) is 14.7. The Morgan fingerprint density at radius 2 is 2.15 bits per heavy atom. The lowest BCUT2D eigenvalue weighted by Gasteiger charge is -2.07. The molecule has 2 rings (SSSR count). The lowest BCUT2D eigenvalue weighted by molar-refractivity contribution is 0.0943. The van der Waals surface area contributed by atoms with Crippen molar-refractivity contribution in [2.45, 2.75) is 40.7 Å². The average molecular weight is 275 g/mol. The maximum atomic E-state index is 12.1. The van der Waals surface area contributed by atoms with Crippen LogP contribution in [0.4, 0.5) is 0 Å². The van der Waals surface area contributed by atoms with Gasteiger partial charge in [0.2, 0.25) is 0 Å². The summed E-state index contributed by atoms with van der Waals surface area (Å²) in [5.41, 5.74) is 4.70. The Morgan fingerprint density at radius 3 is 2.75 bits per heavy atom. The molecule has 0 radical (unpaired) electrons. The summed E-state index contributed by atoms with van der Waals surface area (Å²) in [5.74, 6) is -0.0775. The fourth-order valence-electron chi connectivity index (χ4n) is 2.30. The Balaban J connectivity index is 1.96. The van der Waals surface area contributed by atoms with E-state index in [-0.39, 0.29) is 5.91 Å². The van der Waals surface area contributed by atoms with Crippen LogP contribution in [0, 0.1) is 20.8 Å². The van der Waals surface area contributed by atoms with Crippen LogP contribution in [0.5, 0.6) is 0 Å². The molecule has 0 saturated heterocycles. The summed E-state index contributed by atoms with van der Waals surface area (Å²) in [6.45, 7) is 9.11. The summed E-state index contributed by atoms with van der Waals surface area (Å²) in [5, 5.41) is 14.3. The van der Waals surface area contributed by atoms with Crippen LogP contribution in [0.3, 0.4) is 0 Å². The molecule has 0 spiro atoms. The zero-order valence-corrected chi connectivity index (χ0v) is 12.4. The third-order valence-electron chi connectivity index (χ3n) is 3.38. The van der Waals surface area contributed by atoms with Gasteiger partial charge in [0.25, 0.3) is 5.91 Å². The number of carbonyl (C=O) groups is 1. The first-order valence-corrected chi connectivity index (χ1v) is 6.86. The normalized spacial score (nSPS) is 10.8. The molecule has 0 fully saturated rings. The summed E-state index contributed by atoms with van der Waals surface area (Å²) in [7, 11) is 0. The maximum absolute atomic E-state index is 12.1. The van der Waals surface area contributed by atoms with Crippen molar-refractivity contribution >= 4 is 5.91 Å². The lowest BCUT2D eigenvalue weighted by Crippen LogP contribution is -2.28. The Hall–Kier alpha value is -2.11. The SMILES string of the molecule is CCn1nc(C)cc1C(=O)NCCc1c(C)n[nH]c1C. The van der Waals surface area contributed by atoms with Crippen molar-refractivity contribution in [1.29, 1.82) is 0 Å². The maximum Gasteiger partial charge on any atom is 0.269 e. The summed E-state index contributed by atoms with van der Waals surface area (Å²) < 4.78 is 1.72. The van der Waals surface area contributed by atoms with Gasteiger partial charge in [0, 0.05) is 18.8 Å². The highest BCUT2D eigenvalue weighted by Gasteiger charge is 2.13. The van der Waals surface area contributed by atoms with E-state index >= 15 is 0 Å². The lowest BCUT2D eigenvalue weighted by atomic mass is 10.1. The van der Waals surface area contributed by atoms with E-state index in [1.54, 1.807) is 4.68 Å². The van der Waals surface area contributed by atoms with Gasteiger partial charge in [-0.1, -0.05) is 0 Å². The molecule has 0 aliphatic heterocycles. The summed E-state index contributed by atoms with van der Waals surface area (Å²) in [6, 6.07) is 1.81. The monoisotopic (exact) mass is 275 g/mol. The molecule has 2 N–H and O–H groups in total. The number of nitrogens with zero attached hydrogens (tertiary/aromatic N) is 3. The molecule has 20 heavy (non-hydrogen) atoms. The van der Waals surface area contributed by atoms with E-state index in [2.05, 4.69) is 20.6 Å². The molecule has 0 aliphatic carbocycles. The topological polar surface area (TPSA) is 75.6 Å². The number of carbonyl (C=O) groups excluding carboxylic acids is 1. The van der Waals surface area contributed by atoms with Gasteiger partial charge in [0.05, 0.1) is 11.4 Å². The number of aromatic amines is 1. The molecule has 0 saturated carbocycles. The van der Waals surface area contributed by atoms with Crippen LogP contribution >= 0.6 is 0 Å². The average Bonchev–Trinajstić information content (AvgIpc) is 2.95. The fourth-order valence-corrected chi connectivity index (χ4v) is 2.30. The Labute approximate surface area is 118 Å². The Bertz CT molecular complexity index is 592. The first-order chi connectivity index (χ1) is 9.52. The first-order valence-electron chi connectivity index (χ1n) is 6.86. The quantitative estimate of drug-likeness (QED) is 0.868. The molecular weight excluding hydrogens is 254 g/mol. The van der Waals surface area contributed by atoms with Gasteiger partial charge in [-0.15, -0.1) is 0 Å². The van der Waals surface area contributed by atoms with Crippen LogP contribution in [0.15, 0.2) is 6.07 Å². The van der Waals surface area contributed by atoms with Crippen LogP contribution in [0.25, 0.3) is 0 Å². The number of H-pyrrole nitrogens is 1. The van der Waals surface area contributed by atoms with E-state index in [0.29, 0.717) is 18.8 Å². The summed E-state index contributed by atoms with van der Waals surface area (Å²) in [6.07, 6.45) is 0.777. The number of rotatable bonds is 5. The molecule has 0 bridgehead atoms. The summed E-state index contributed by atoms with van der Waals surface area (Å²) in [4.78, 5) is 12.1. The van der Waals surface area contributed by atoms with Crippen molar-refractivity contribution in [3.8, 4) is 0 Å². The molecule has 6 nitrogen and oxygen atoms in total. The van der Waals surface area contributed by atoms with Gasteiger partial charge in [-0.3, -0.25) is 14.6 Å². The van der Waals surface area contributed by atoms with Gasteiger partial charge < -0.3 is 5.32 Å². The largest absolute Gasteiger partial charge is 0.350 e. The molecule has 108 valence electrons. The molecule has 0 atom stereocenters. The predicted octanol–water partition coefficient (Wildman–Crippen LogP) is 1.52. The second-order valence-electron chi connectivity index (χ2n) is 4.91. The Kier molecular flexibility index (Phi) is 4.22. The molecule has 2 heterocycles. The van der Waals surface area contributed by atoms with E-state index in [0.717, 1.165) is 23.5 Å². The van der Waals surface area contributed by atoms with Crippen LogP contribution in [0.1, 0.15) is 40.1 Å². The first kappa shape index (κ1) is 14.3. The van der Waals surface area contributed by atoms with Crippen LogP contribution < -0.4 is 5.32 Å². The molecule has 2 aromatic rings. The fraction of sp³-hybridized carbons (Fsp3) is 0.500. The van der Waals surface area contributed by atoms with Gasteiger partial charge in [-0.2, -0.15) is 10.2 Å². The molecule has 6 heteroatoms. The molecular formula is C14H21N5O. The Morgan fingerprint density at radius 1 is 1.40 bits per heavy atom. The minimum Gasteiger partial charge on any atom is -0.350 e. The highest BCUT2D eigenvalue weighted by molar-refractivity contribution is 5.92. The predicted molar refractivity (Wildman–Crippen MR) is 76.7 cm³/mol. The van der Waals surface area contributed by atoms with Crippen molar-refractivity contribution in [3.05, 3.63) is 34.4 Å². The number of amides is 1. The number of aryl methyl sites for hydroxylation is 4. The van der Waals surface area contributed by atoms with E-state index in [4.69, 9.17) is 0 Å². The van der Waals surface area contributed by atoms with Crippen molar-refractivity contribution < 1.29 is 4.79 Å². The zero-order valence-electron chi connectivity index (χ0n) is 12.4. The van der Waals surface area contributed by atoms with Crippen molar-refractivity contribution in [1.82, 2.24) is 25.3 Å². The van der Waals surface area contributed by atoms with Gasteiger partial charge >= 0.3 is 0 Å². The van der Waals surface area contributed by atoms with Gasteiger partial charge in [0.1, 0.15) is 5.69 Å². The molecule has 1 amide bonds.